The molecule has 182 valence electrons. The van der Waals surface area contributed by atoms with Gasteiger partial charge in [-0.1, -0.05) is 53.7 Å². The molecule has 5 saturated carbocycles. The molecule has 1 unspecified atom stereocenters. The van der Waals surface area contributed by atoms with Gasteiger partial charge < -0.3 is 10.8 Å². The summed E-state index contributed by atoms with van der Waals surface area (Å²) < 4.78 is 0. The molecule has 10 atom stereocenters. The zero-order valence-electron chi connectivity index (χ0n) is 22.2. The molecule has 3 N–H and O–H groups in total. The summed E-state index contributed by atoms with van der Waals surface area (Å²) in [5.41, 5.74) is 8.35. The van der Waals surface area contributed by atoms with Crippen LogP contribution in [-0.4, -0.2) is 10.8 Å². The number of fused-ring (bicyclic) bond motifs is 7. The van der Waals surface area contributed by atoms with Crippen LogP contribution in [0.2, 0.25) is 0 Å². The average molecular weight is 442 g/mol. The van der Waals surface area contributed by atoms with Crippen molar-refractivity contribution in [1.82, 2.24) is 0 Å². The minimum absolute atomic E-state index is 0.222. The predicted octanol–water partition coefficient (Wildman–Crippen LogP) is 7.31. The largest absolute Gasteiger partial charge is 0.376 e. The van der Waals surface area contributed by atoms with Gasteiger partial charge in [0.2, 0.25) is 0 Å². The van der Waals surface area contributed by atoms with Gasteiger partial charge in [-0.15, -0.1) is 0 Å². The number of aliphatic hydroxyl groups is 1. The third-order valence-corrected chi connectivity index (χ3v) is 13.8. The second-order valence-corrected chi connectivity index (χ2v) is 15.0. The van der Waals surface area contributed by atoms with E-state index in [0.29, 0.717) is 27.6 Å². The van der Waals surface area contributed by atoms with Gasteiger partial charge in [-0.25, -0.2) is 0 Å². The number of rotatable bonds is 1. The normalized spacial score (nSPS) is 58.8. The van der Waals surface area contributed by atoms with Crippen LogP contribution in [0.15, 0.2) is 12.2 Å². The monoisotopic (exact) mass is 441 g/mol. The smallest absolute Gasteiger partial charge is 0.118 e. The maximum Gasteiger partial charge on any atom is 0.118 e. The Balaban J connectivity index is 1.54. The van der Waals surface area contributed by atoms with Crippen molar-refractivity contribution in [3.63, 3.8) is 0 Å². The number of hydrogen-bond donors (Lipinski definition) is 2. The fraction of sp³-hybridized carbons (Fsp3) is 0.933. The molecule has 0 bridgehead atoms. The van der Waals surface area contributed by atoms with Crippen molar-refractivity contribution in [3.05, 3.63) is 12.2 Å². The summed E-state index contributed by atoms with van der Waals surface area (Å²) in [7, 11) is 0. The molecule has 0 spiro atoms. The Morgan fingerprint density at radius 1 is 0.781 bits per heavy atom. The molecule has 0 aromatic carbocycles. The Bertz CT molecular complexity index is 814. The van der Waals surface area contributed by atoms with Gasteiger partial charge in [0.25, 0.3) is 0 Å². The molecular weight excluding hydrogens is 390 g/mol. The molecule has 5 fully saturated rings. The lowest BCUT2D eigenvalue weighted by atomic mass is 9.32. The molecule has 0 aliphatic heterocycles. The van der Waals surface area contributed by atoms with Crippen LogP contribution in [0, 0.1) is 56.7 Å². The lowest BCUT2D eigenvalue weighted by Gasteiger charge is -2.73. The second-order valence-electron chi connectivity index (χ2n) is 15.0. The van der Waals surface area contributed by atoms with Gasteiger partial charge in [-0.2, -0.15) is 0 Å². The van der Waals surface area contributed by atoms with Crippen LogP contribution < -0.4 is 5.73 Å². The standard InChI is InChI=1S/C30H51NO/c1-19(2)20-11-13-26(5)15-17-28(7)21(24(20)26)9-10-23-27(6)16-18-30(31,32)25(3,4)22(27)12-14-29(23,28)8/h20-24,32H,1,9-18,31H2,2-8H3/t20-,21+,22-,23+,24+,26+,27-,28+,29+,30?/m0/s1. The van der Waals surface area contributed by atoms with E-state index in [9.17, 15) is 5.11 Å². The molecule has 0 saturated heterocycles. The van der Waals surface area contributed by atoms with Crippen LogP contribution in [0.1, 0.15) is 113 Å². The van der Waals surface area contributed by atoms with Crippen molar-refractivity contribution >= 4 is 0 Å². The first-order chi connectivity index (χ1) is 14.6. The third kappa shape index (κ3) is 2.61. The molecular formula is C30H51NO. The van der Waals surface area contributed by atoms with Crippen molar-refractivity contribution in [2.24, 2.45) is 62.4 Å². The maximum atomic E-state index is 11.1. The van der Waals surface area contributed by atoms with Crippen LogP contribution in [-0.2, 0) is 0 Å². The first-order valence-corrected chi connectivity index (χ1v) is 13.8. The molecule has 0 heterocycles. The molecule has 5 aliphatic carbocycles. The average Bonchev–Trinajstić information content (AvgIpc) is 3.04. The van der Waals surface area contributed by atoms with E-state index in [-0.39, 0.29) is 5.41 Å². The topological polar surface area (TPSA) is 46.2 Å². The van der Waals surface area contributed by atoms with Gasteiger partial charge in [0, 0.05) is 5.41 Å². The number of nitrogens with two attached hydrogens (primary N) is 1. The highest BCUT2D eigenvalue weighted by atomic mass is 16.3. The van der Waals surface area contributed by atoms with E-state index in [2.05, 4.69) is 55.0 Å². The van der Waals surface area contributed by atoms with E-state index >= 15 is 0 Å². The van der Waals surface area contributed by atoms with Gasteiger partial charge in [0.05, 0.1) is 0 Å². The summed E-state index contributed by atoms with van der Waals surface area (Å²) in [6.07, 6.45) is 12.7. The maximum absolute atomic E-state index is 11.1. The molecule has 2 nitrogen and oxygen atoms in total. The Morgan fingerprint density at radius 3 is 2.12 bits per heavy atom. The highest BCUT2D eigenvalue weighted by Crippen LogP contribution is 2.77. The van der Waals surface area contributed by atoms with E-state index in [0.717, 1.165) is 36.5 Å². The molecule has 32 heavy (non-hydrogen) atoms. The highest BCUT2D eigenvalue weighted by molar-refractivity contribution is 5.21. The molecule has 5 rings (SSSR count). The van der Waals surface area contributed by atoms with Crippen LogP contribution in [0.4, 0.5) is 0 Å². The summed E-state index contributed by atoms with van der Waals surface area (Å²) in [6, 6.07) is 0. The van der Waals surface area contributed by atoms with Gasteiger partial charge in [0.15, 0.2) is 0 Å². The van der Waals surface area contributed by atoms with Crippen LogP contribution in [0.5, 0.6) is 0 Å². The van der Waals surface area contributed by atoms with E-state index in [4.69, 9.17) is 5.73 Å². The van der Waals surface area contributed by atoms with Crippen molar-refractivity contribution in [3.8, 4) is 0 Å². The van der Waals surface area contributed by atoms with Gasteiger partial charge in [-0.3, -0.25) is 0 Å². The Kier molecular flexibility index (Phi) is 4.87. The van der Waals surface area contributed by atoms with Crippen LogP contribution >= 0.6 is 0 Å². The van der Waals surface area contributed by atoms with E-state index in [1.807, 2.05) is 0 Å². The van der Waals surface area contributed by atoms with E-state index < -0.39 is 5.72 Å². The van der Waals surface area contributed by atoms with E-state index in [1.165, 1.54) is 56.9 Å². The molecule has 0 aromatic heterocycles. The molecule has 0 aromatic rings. The van der Waals surface area contributed by atoms with Crippen molar-refractivity contribution < 1.29 is 5.11 Å². The summed E-state index contributed by atoms with van der Waals surface area (Å²) in [5, 5.41) is 11.1. The van der Waals surface area contributed by atoms with Crippen molar-refractivity contribution in [1.29, 1.82) is 0 Å². The predicted molar refractivity (Wildman–Crippen MR) is 134 cm³/mol. The minimum atomic E-state index is -1.03. The summed E-state index contributed by atoms with van der Waals surface area (Å²) in [4.78, 5) is 0. The molecule has 2 heteroatoms. The Labute approximate surface area is 198 Å². The number of hydrogen-bond acceptors (Lipinski definition) is 2. The zero-order valence-corrected chi connectivity index (χ0v) is 22.2. The van der Waals surface area contributed by atoms with Crippen molar-refractivity contribution in [2.75, 3.05) is 0 Å². The molecule has 0 amide bonds. The lowest BCUT2D eigenvalue weighted by molar-refractivity contribution is -0.263. The highest BCUT2D eigenvalue weighted by Gasteiger charge is 2.71. The van der Waals surface area contributed by atoms with Crippen molar-refractivity contribution in [2.45, 2.75) is 118 Å². The first-order valence-electron chi connectivity index (χ1n) is 13.8. The second kappa shape index (κ2) is 6.66. The van der Waals surface area contributed by atoms with E-state index in [1.54, 1.807) is 0 Å². The number of allylic oxidation sites excluding steroid dienone is 1. The molecule has 0 radical (unpaired) electrons. The summed E-state index contributed by atoms with van der Waals surface area (Å²) in [6.45, 7) is 21.9. The van der Waals surface area contributed by atoms with Crippen LogP contribution in [0.3, 0.4) is 0 Å². The Morgan fingerprint density at radius 2 is 1.47 bits per heavy atom. The van der Waals surface area contributed by atoms with Crippen LogP contribution in [0.25, 0.3) is 0 Å². The zero-order chi connectivity index (χ0) is 23.5. The van der Waals surface area contributed by atoms with Gasteiger partial charge >= 0.3 is 0 Å². The van der Waals surface area contributed by atoms with Gasteiger partial charge in [0.1, 0.15) is 5.72 Å². The SMILES string of the molecule is C=C(C)[C@@H]1CC[C@]2(C)CC[C@]3(C)[C@H](CC[C@@H]4[C@@]5(C)CCC(N)(O)C(C)(C)[C@@H]5CC[C@]43C)[C@@H]12. The summed E-state index contributed by atoms with van der Waals surface area (Å²) >= 11 is 0. The third-order valence-electron chi connectivity index (χ3n) is 13.8. The molecule has 5 aliphatic rings. The Hall–Kier alpha value is -0.340. The minimum Gasteiger partial charge on any atom is -0.376 e. The summed E-state index contributed by atoms with van der Waals surface area (Å²) in [5.74, 6) is 3.67. The lowest BCUT2D eigenvalue weighted by Crippen LogP contribution is -2.70. The first kappa shape index (κ1) is 23.4. The van der Waals surface area contributed by atoms with Gasteiger partial charge in [-0.05, 0) is 122 Å². The fourth-order valence-electron chi connectivity index (χ4n) is 11.5. The quantitative estimate of drug-likeness (QED) is 0.331. The fourth-order valence-corrected chi connectivity index (χ4v) is 11.5.